The minimum absolute atomic E-state index is 0.0434. The maximum absolute atomic E-state index is 12.6. The number of hydrogen-bond acceptors (Lipinski definition) is 4. The summed E-state index contributed by atoms with van der Waals surface area (Å²) in [6, 6.07) is 0. The Bertz CT molecular complexity index is 473. The van der Waals surface area contributed by atoms with Gasteiger partial charge >= 0.3 is 0 Å². The summed E-state index contributed by atoms with van der Waals surface area (Å²) in [4.78, 5) is 14.3. The molecule has 0 bridgehead atoms. The molecule has 1 heterocycles. The summed E-state index contributed by atoms with van der Waals surface area (Å²) in [5.41, 5.74) is 5.52. The molecule has 2 fully saturated rings. The third-order valence-electron chi connectivity index (χ3n) is 4.34. The van der Waals surface area contributed by atoms with Gasteiger partial charge in [-0.3, -0.25) is 4.79 Å². The average Bonchev–Trinajstić information content (AvgIpc) is 2.37. The Labute approximate surface area is 120 Å². The van der Waals surface area contributed by atoms with Crippen LogP contribution in [0.2, 0.25) is 0 Å². The molecule has 2 rings (SSSR count). The number of carbonyl (C=O) groups is 1. The van der Waals surface area contributed by atoms with Crippen LogP contribution in [0.4, 0.5) is 0 Å². The standard InChI is InChI=1S/C12H24N4O3S/c1-10-3-2-4-12(13,9-10)11(17)15-5-7-16(8-6-15)20(14,18)19/h10H,2-9,13H2,1H3,(H2,14,18,19). The third-order valence-corrected chi connectivity index (χ3v) is 5.43. The molecule has 1 saturated carbocycles. The number of nitrogens with zero attached hydrogens (tertiary/aromatic N) is 2. The van der Waals surface area contributed by atoms with Crippen molar-refractivity contribution in [3.05, 3.63) is 0 Å². The van der Waals surface area contributed by atoms with E-state index in [2.05, 4.69) is 6.92 Å². The number of amides is 1. The zero-order chi connectivity index (χ0) is 15.0. The van der Waals surface area contributed by atoms with Crippen molar-refractivity contribution in [3.63, 3.8) is 0 Å². The zero-order valence-corrected chi connectivity index (χ0v) is 12.7. The molecule has 2 aliphatic rings. The Balaban J connectivity index is 1.98. The lowest BCUT2D eigenvalue weighted by atomic mass is 9.76. The molecule has 1 amide bonds. The van der Waals surface area contributed by atoms with Gasteiger partial charge in [0.1, 0.15) is 0 Å². The van der Waals surface area contributed by atoms with Crippen LogP contribution in [-0.2, 0) is 15.0 Å². The predicted octanol–water partition coefficient (Wildman–Crippen LogP) is -0.758. The summed E-state index contributed by atoms with van der Waals surface area (Å²) in [5, 5.41) is 5.09. The average molecular weight is 304 g/mol. The lowest BCUT2D eigenvalue weighted by Gasteiger charge is -2.41. The molecule has 1 aliphatic heterocycles. The van der Waals surface area contributed by atoms with E-state index >= 15 is 0 Å². The van der Waals surface area contributed by atoms with E-state index in [1.165, 1.54) is 4.31 Å². The largest absolute Gasteiger partial charge is 0.338 e. The number of carbonyl (C=O) groups excluding carboxylic acids is 1. The number of rotatable bonds is 2. The Hall–Kier alpha value is -0.700. The van der Waals surface area contributed by atoms with Crippen molar-refractivity contribution in [1.82, 2.24) is 9.21 Å². The number of hydrogen-bond donors (Lipinski definition) is 2. The van der Waals surface area contributed by atoms with Crippen LogP contribution < -0.4 is 10.9 Å². The van der Waals surface area contributed by atoms with Crippen molar-refractivity contribution in [2.75, 3.05) is 26.2 Å². The van der Waals surface area contributed by atoms with Crippen LogP contribution in [0.1, 0.15) is 32.6 Å². The second kappa shape index (κ2) is 5.59. The molecule has 20 heavy (non-hydrogen) atoms. The normalized spacial score (nSPS) is 33.1. The Morgan fingerprint density at radius 2 is 1.85 bits per heavy atom. The van der Waals surface area contributed by atoms with E-state index in [4.69, 9.17) is 10.9 Å². The van der Waals surface area contributed by atoms with Crippen molar-refractivity contribution >= 4 is 16.1 Å². The smallest absolute Gasteiger partial charge is 0.277 e. The molecule has 116 valence electrons. The molecular formula is C12H24N4O3S. The molecule has 1 aliphatic carbocycles. The molecule has 2 unspecified atom stereocenters. The van der Waals surface area contributed by atoms with E-state index in [9.17, 15) is 13.2 Å². The van der Waals surface area contributed by atoms with Gasteiger partial charge in [-0.2, -0.15) is 12.7 Å². The highest BCUT2D eigenvalue weighted by Crippen LogP contribution is 2.32. The van der Waals surface area contributed by atoms with E-state index in [0.29, 0.717) is 31.8 Å². The first-order chi connectivity index (χ1) is 9.22. The Morgan fingerprint density at radius 1 is 1.25 bits per heavy atom. The van der Waals surface area contributed by atoms with Crippen LogP contribution in [0.5, 0.6) is 0 Å². The van der Waals surface area contributed by atoms with Gasteiger partial charge < -0.3 is 10.6 Å². The maximum atomic E-state index is 12.6. The van der Waals surface area contributed by atoms with Crippen LogP contribution in [0.3, 0.4) is 0 Å². The summed E-state index contributed by atoms with van der Waals surface area (Å²) in [7, 11) is -3.66. The molecule has 0 aromatic carbocycles. The number of piperazine rings is 1. The Kier molecular flexibility index (Phi) is 4.38. The molecule has 0 aromatic rings. The van der Waals surface area contributed by atoms with Crippen molar-refractivity contribution in [2.24, 2.45) is 16.8 Å². The molecule has 4 N–H and O–H groups in total. The van der Waals surface area contributed by atoms with Crippen LogP contribution in [0, 0.1) is 5.92 Å². The molecule has 2 atom stereocenters. The summed E-state index contributed by atoms with van der Waals surface area (Å²) in [6.45, 7) is 3.34. The summed E-state index contributed by atoms with van der Waals surface area (Å²) in [6.07, 6.45) is 3.51. The third kappa shape index (κ3) is 3.30. The first-order valence-electron chi connectivity index (χ1n) is 7.08. The highest BCUT2D eigenvalue weighted by atomic mass is 32.2. The first-order valence-corrected chi connectivity index (χ1v) is 8.59. The molecule has 0 spiro atoms. The fourth-order valence-electron chi connectivity index (χ4n) is 3.25. The monoisotopic (exact) mass is 304 g/mol. The first kappa shape index (κ1) is 15.7. The van der Waals surface area contributed by atoms with E-state index in [0.717, 1.165) is 12.8 Å². The topological polar surface area (TPSA) is 110 Å². The SMILES string of the molecule is CC1CCCC(N)(C(=O)N2CCN(S(N)(=O)=O)CC2)C1. The highest BCUT2D eigenvalue weighted by molar-refractivity contribution is 7.86. The molecule has 0 aromatic heterocycles. The molecule has 7 nitrogen and oxygen atoms in total. The van der Waals surface area contributed by atoms with Gasteiger partial charge in [-0.1, -0.05) is 19.8 Å². The van der Waals surface area contributed by atoms with Gasteiger partial charge in [0.25, 0.3) is 10.2 Å². The lowest BCUT2D eigenvalue weighted by Crippen LogP contribution is -2.61. The van der Waals surface area contributed by atoms with Gasteiger partial charge in [0.2, 0.25) is 5.91 Å². The fraction of sp³-hybridized carbons (Fsp3) is 0.917. The highest BCUT2D eigenvalue weighted by Gasteiger charge is 2.41. The van der Waals surface area contributed by atoms with Gasteiger partial charge in [0.15, 0.2) is 0 Å². The van der Waals surface area contributed by atoms with E-state index in [1.54, 1.807) is 4.90 Å². The van der Waals surface area contributed by atoms with Crippen LogP contribution in [-0.4, -0.2) is 55.2 Å². The van der Waals surface area contributed by atoms with Crippen molar-refractivity contribution in [3.8, 4) is 0 Å². The molecule has 1 saturated heterocycles. The van der Waals surface area contributed by atoms with Crippen LogP contribution >= 0.6 is 0 Å². The van der Waals surface area contributed by atoms with Gasteiger partial charge in [-0.25, -0.2) is 5.14 Å². The molecule has 0 radical (unpaired) electrons. The maximum Gasteiger partial charge on any atom is 0.277 e. The quantitative estimate of drug-likeness (QED) is 0.699. The zero-order valence-electron chi connectivity index (χ0n) is 11.9. The van der Waals surface area contributed by atoms with Gasteiger partial charge in [-0.15, -0.1) is 0 Å². The van der Waals surface area contributed by atoms with Crippen molar-refractivity contribution in [2.45, 2.75) is 38.1 Å². The number of nitrogens with two attached hydrogens (primary N) is 2. The van der Waals surface area contributed by atoms with E-state index in [1.807, 2.05) is 0 Å². The predicted molar refractivity (Wildman–Crippen MR) is 75.8 cm³/mol. The Morgan fingerprint density at radius 3 is 2.35 bits per heavy atom. The lowest BCUT2D eigenvalue weighted by molar-refractivity contribution is -0.140. The second-order valence-corrected chi connectivity index (χ2v) is 7.64. The summed E-state index contributed by atoms with van der Waals surface area (Å²) < 4.78 is 23.7. The fourth-order valence-corrected chi connectivity index (χ4v) is 3.92. The summed E-state index contributed by atoms with van der Waals surface area (Å²) in [5.74, 6) is 0.418. The minimum atomic E-state index is -3.66. The van der Waals surface area contributed by atoms with E-state index < -0.39 is 15.7 Å². The minimum Gasteiger partial charge on any atom is -0.338 e. The van der Waals surface area contributed by atoms with E-state index in [-0.39, 0.29) is 19.0 Å². The van der Waals surface area contributed by atoms with Gasteiger partial charge in [0.05, 0.1) is 5.54 Å². The van der Waals surface area contributed by atoms with Crippen molar-refractivity contribution in [1.29, 1.82) is 0 Å². The van der Waals surface area contributed by atoms with Gasteiger partial charge in [-0.05, 0) is 18.8 Å². The molecular weight excluding hydrogens is 280 g/mol. The van der Waals surface area contributed by atoms with Crippen molar-refractivity contribution < 1.29 is 13.2 Å². The molecule has 8 heteroatoms. The second-order valence-electron chi connectivity index (χ2n) is 6.09. The summed E-state index contributed by atoms with van der Waals surface area (Å²) >= 11 is 0. The van der Waals surface area contributed by atoms with Crippen LogP contribution in [0.15, 0.2) is 0 Å². The van der Waals surface area contributed by atoms with Crippen LogP contribution in [0.25, 0.3) is 0 Å². The van der Waals surface area contributed by atoms with Gasteiger partial charge in [0, 0.05) is 26.2 Å².